The van der Waals surface area contributed by atoms with Crippen molar-refractivity contribution < 1.29 is 14.4 Å². The molecule has 0 aliphatic carbocycles. The fraction of sp³-hybridized carbons (Fsp3) is 0.900. The van der Waals surface area contributed by atoms with Crippen molar-refractivity contribution in [2.45, 2.75) is 26.0 Å². The Labute approximate surface area is 96.8 Å². The average molecular weight is 238 g/mol. The number of aliphatic hydroxyl groups excluding tert-OH is 1. The summed E-state index contributed by atoms with van der Waals surface area (Å²) in [5.41, 5.74) is 0. The first-order chi connectivity index (χ1) is 6.90. The van der Waals surface area contributed by atoms with Crippen LogP contribution in [0.25, 0.3) is 0 Å². The third-order valence-electron chi connectivity index (χ3n) is 2.46. The molecule has 0 aromatic carbocycles. The van der Waals surface area contributed by atoms with Crippen molar-refractivity contribution in [3.05, 3.63) is 0 Å². The SMILES string of the molecule is CC(=O)NCCC[N+](C)(C)C(O)CCCl. The van der Waals surface area contributed by atoms with E-state index in [4.69, 9.17) is 11.6 Å². The van der Waals surface area contributed by atoms with Crippen molar-refractivity contribution in [3.63, 3.8) is 0 Å². The number of hydrogen-bond acceptors (Lipinski definition) is 2. The van der Waals surface area contributed by atoms with Gasteiger partial charge in [-0.3, -0.25) is 4.79 Å². The number of alkyl halides is 1. The van der Waals surface area contributed by atoms with Crippen molar-refractivity contribution in [3.8, 4) is 0 Å². The summed E-state index contributed by atoms with van der Waals surface area (Å²) in [4.78, 5) is 10.6. The van der Waals surface area contributed by atoms with E-state index in [1.807, 2.05) is 14.1 Å². The van der Waals surface area contributed by atoms with Crippen LogP contribution in [0.2, 0.25) is 0 Å². The van der Waals surface area contributed by atoms with Crippen molar-refractivity contribution >= 4 is 17.5 Å². The van der Waals surface area contributed by atoms with E-state index >= 15 is 0 Å². The molecule has 2 N–H and O–H groups in total. The van der Waals surface area contributed by atoms with Crippen LogP contribution in [0.5, 0.6) is 0 Å². The number of nitrogens with one attached hydrogen (secondary N) is 1. The number of halogens is 1. The summed E-state index contributed by atoms with van der Waals surface area (Å²) in [6.07, 6.45) is 1.01. The van der Waals surface area contributed by atoms with Crippen LogP contribution in [-0.2, 0) is 4.79 Å². The molecular weight excluding hydrogens is 216 g/mol. The molecule has 90 valence electrons. The molecule has 4 nitrogen and oxygen atoms in total. The average Bonchev–Trinajstić information content (AvgIpc) is 2.12. The summed E-state index contributed by atoms with van der Waals surface area (Å²) in [6.45, 7) is 2.98. The molecular formula is C10H22ClN2O2+. The van der Waals surface area contributed by atoms with Gasteiger partial charge in [-0.15, -0.1) is 11.6 Å². The van der Waals surface area contributed by atoms with Gasteiger partial charge in [0.15, 0.2) is 6.23 Å². The van der Waals surface area contributed by atoms with Gasteiger partial charge in [0, 0.05) is 32.2 Å². The maximum atomic E-state index is 10.6. The lowest BCUT2D eigenvalue weighted by Gasteiger charge is -2.34. The fourth-order valence-corrected chi connectivity index (χ4v) is 1.54. The van der Waals surface area contributed by atoms with E-state index in [1.165, 1.54) is 6.92 Å². The third-order valence-corrected chi connectivity index (χ3v) is 2.68. The second kappa shape index (κ2) is 7.04. The van der Waals surface area contributed by atoms with E-state index in [2.05, 4.69) is 5.32 Å². The number of carbonyl (C=O) groups is 1. The van der Waals surface area contributed by atoms with Gasteiger partial charge in [0.2, 0.25) is 5.91 Å². The van der Waals surface area contributed by atoms with Crippen LogP contribution in [0.1, 0.15) is 19.8 Å². The van der Waals surface area contributed by atoms with Gasteiger partial charge < -0.3 is 14.9 Å². The Hall–Kier alpha value is -0.320. The molecule has 15 heavy (non-hydrogen) atoms. The fourth-order valence-electron chi connectivity index (χ4n) is 1.35. The second-order valence-electron chi connectivity index (χ2n) is 4.30. The number of amides is 1. The Kier molecular flexibility index (Phi) is 6.89. The summed E-state index contributed by atoms with van der Waals surface area (Å²) in [5, 5.41) is 12.5. The monoisotopic (exact) mass is 237 g/mol. The Morgan fingerprint density at radius 2 is 2.13 bits per heavy atom. The zero-order chi connectivity index (χ0) is 11.9. The van der Waals surface area contributed by atoms with E-state index in [9.17, 15) is 9.90 Å². The van der Waals surface area contributed by atoms with E-state index in [1.54, 1.807) is 0 Å². The molecule has 1 unspecified atom stereocenters. The minimum absolute atomic E-state index is 0.0124. The van der Waals surface area contributed by atoms with Gasteiger partial charge in [-0.05, 0) is 0 Å². The lowest BCUT2D eigenvalue weighted by Crippen LogP contribution is -2.50. The zero-order valence-electron chi connectivity index (χ0n) is 9.79. The van der Waals surface area contributed by atoms with E-state index < -0.39 is 6.23 Å². The maximum absolute atomic E-state index is 10.6. The molecule has 0 fully saturated rings. The lowest BCUT2D eigenvalue weighted by molar-refractivity contribution is -0.936. The number of nitrogens with zero attached hydrogens (tertiary/aromatic N) is 1. The summed E-state index contributed by atoms with van der Waals surface area (Å²) >= 11 is 5.58. The van der Waals surface area contributed by atoms with E-state index in [-0.39, 0.29) is 5.91 Å². The molecule has 0 aromatic rings. The first-order valence-corrected chi connectivity index (χ1v) is 5.74. The van der Waals surface area contributed by atoms with Crippen LogP contribution in [0.15, 0.2) is 0 Å². The molecule has 5 heteroatoms. The third kappa shape index (κ3) is 6.71. The smallest absolute Gasteiger partial charge is 0.216 e. The maximum Gasteiger partial charge on any atom is 0.216 e. The normalized spacial score (nSPS) is 13.7. The topological polar surface area (TPSA) is 49.3 Å². The molecule has 0 saturated heterocycles. The van der Waals surface area contributed by atoms with Gasteiger partial charge in [0.05, 0.1) is 20.6 Å². The Morgan fingerprint density at radius 3 is 2.60 bits per heavy atom. The Balaban J connectivity index is 3.77. The summed E-state index contributed by atoms with van der Waals surface area (Å²) < 4.78 is 0.520. The van der Waals surface area contributed by atoms with Crippen LogP contribution in [-0.4, -0.2) is 54.8 Å². The summed E-state index contributed by atoms with van der Waals surface area (Å²) in [6, 6.07) is 0. The predicted octanol–water partition coefficient (Wildman–Crippen LogP) is 0.536. The van der Waals surface area contributed by atoms with Gasteiger partial charge in [-0.2, -0.15) is 0 Å². The molecule has 0 aromatic heterocycles. The Bertz CT molecular complexity index is 198. The molecule has 0 aliphatic rings. The van der Waals surface area contributed by atoms with Crippen LogP contribution in [0.4, 0.5) is 0 Å². The minimum atomic E-state index is -0.431. The quantitative estimate of drug-likeness (QED) is 0.294. The minimum Gasteiger partial charge on any atom is -0.356 e. The Morgan fingerprint density at radius 1 is 1.53 bits per heavy atom. The first-order valence-electron chi connectivity index (χ1n) is 5.21. The van der Waals surface area contributed by atoms with Gasteiger partial charge in [0.25, 0.3) is 0 Å². The number of rotatable bonds is 7. The van der Waals surface area contributed by atoms with Crippen molar-refractivity contribution in [2.24, 2.45) is 0 Å². The molecule has 1 amide bonds. The zero-order valence-corrected chi connectivity index (χ0v) is 10.5. The van der Waals surface area contributed by atoms with Crippen molar-refractivity contribution in [1.29, 1.82) is 0 Å². The van der Waals surface area contributed by atoms with Crippen LogP contribution in [0.3, 0.4) is 0 Å². The highest BCUT2D eigenvalue weighted by atomic mass is 35.5. The van der Waals surface area contributed by atoms with E-state index in [0.717, 1.165) is 13.0 Å². The molecule has 0 bridgehead atoms. The molecule has 0 spiro atoms. The number of aliphatic hydroxyl groups is 1. The first kappa shape index (κ1) is 14.7. The van der Waals surface area contributed by atoms with Gasteiger partial charge >= 0.3 is 0 Å². The molecule has 1 atom stereocenters. The molecule has 0 aliphatic heterocycles. The number of hydrogen-bond donors (Lipinski definition) is 2. The molecule has 0 radical (unpaired) electrons. The molecule has 0 heterocycles. The summed E-state index contributed by atoms with van der Waals surface area (Å²) in [7, 11) is 3.93. The van der Waals surface area contributed by atoms with Crippen LogP contribution in [0, 0.1) is 0 Å². The number of quaternary nitrogens is 1. The standard InChI is InChI=1S/C10H21ClN2O2/c1-9(14)12-7-4-8-13(2,3)10(15)5-6-11/h10,15H,4-8H2,1-3H3/p+1. The highest BCUT2D eigenvalue weighted by Crippen LogP contribution is 2.09. The van der Waals surface area contributed by atoms with Gasteiger partial charge in [0.1, 0.15) is 0 Å². The van der Waals surface area contributed by atoms with E-state index in [0.29, 0.717) is 23.3 Å². The molecule has 0 rings (SSSR count). The van der Waals surface area contributed by atoms with Crippen LogP contribution >= 0.6 is 11.6 Å². The van der Waals surface area contributed by atoms with Gasteiger partial charge in [-0.25, -0.2) is 0 Å². The number of carbonyl (C=O) groups excluding carboxylic acids is 1. The second-order valence-corrected chi connectivity index (χ2v) is 4.68. The van der Waals surface area contributed by atoms with Crippen molar-refractivity contribution in [1.82, 2.24) is 5.32 Å². The highest BCUT2D eigenvalue weighted by Gasteiger charge is 2.24. The molecule has 0 saturated carbocycles. The largest absolute Gasteiger partial charge is 0.356 e. The van der Waals surface area contributed by atoms with Crippen molar-refractivity contribution in [2.75, 3.05) is 33.1 Å². The highest BCUT2D eigenvalue weighted by molar-refractivity contribution is 6.17. The van der Waals surface area contributed by atoms with Crippen LogP contribution < -0.4 is 5.32 Å². The predicted molar refractivity (Wildman–Crippen MR) is 61.6 cm³/mol. The lowest BCUT2D eigenvalue weighted by atomic mass is 10.3. The summed E-state index contributed by atoms with van der Waals surface area (Å²) in [5.74, 6) is 0.454. The van der Waals surface area contributed by atoms with Gasteiger partial charge in [-0.1, -0.05) is 0 Å².